The summed E-state index contributed by atoms with van der Waals surface area (Å²) in [6, 6.07) is 4.19. The van der Waals surface area contributed by atoms with Crippen LogP contribution < -0.4 is 0 Å². The molecule has 0 bridgehead atoms. The van der Waals surface area contributed by atoms with E-state index >= 15 is 0 Å². The number of thiophene rings is 1. The lowest BCUT2D eigenvalue weighted by Crippen LogP contribution is -2.34. The fraction of sp³-hybridized carbons (Fsp3) is 0.583. The van der Waals surface area contributed by atoms with Crippen LogP contribution in [-0.4, -0.2) is 23.9 Å². The Morgan fingerprint density at radius 1 is 1.56 bits per heavy atom. The van der Waals surface area contributed by atoms with Crippen molar-refractivity contribution in [2.75, 3.05) is 7.05 Å². The van der Waals surface area contributed by atoms with Gasteiger partial charge in [0, 0.05) is 24.4 Å². The first kappa shape index (κ1) is 13.5. The number of halogens is 1. The highest BCUT2D eigenvalue weighted by Crippen LogP contribution is 2.22. The lowest BCUT2D eigenvalue weighted by molar-refractivity contribution is -0.131. The number of aryl methyl sites for hydroxylation is 1. The van der Waals surface area contributed by atoms with Gasteiger partial charge in [0.25, 0.3) is 0 Å². The van der Waals surface area contributed by atoms with Gasteiger partial charge in [-0.05, 0) is 31.9 Å². The first-order chi connectivity index (χ1) is 7.54. The van der Waals surface area contributed by atoms with Crippen molar-refractivity contribution < 1.29 is 4.79 Å². The molecule has 1 rings (SSSR count). The van der Waals surface area contributed by atoms with Crippen molar-refractivity contribution in [2.45, 2.75) is 39.2 Å². The molecule has 0 N–H and O–H groups in total. The van der Waals surface area contributed by atoms with E-state index in [0.29, 0.717) is 12.5 Å². The predicted octanol–water partition coefficient (Wildman–Crippen LogP) is 3.59. The molecule has 0 saturated carbocycles. The summed E-state index contributed by atoms with van der Waals surface area (Å²) in [4.78, 5) is 14.8. The molecule has 16 heavy (non-hydrogen) atoms. The van der Waals surface area contributed by atoms with Crippen LogP contribution >= 0.6 is 22.9 Å². The van der Waals surface area contributed by atoms with Gasteiger partial charge < -0.3 is 4.90 Å². The van der Waals surface area contributed by atoms with Crippen LogP contribution in [-0.2, 0) is 11.2 Å². The largest absolute Gasteiger partial charge is 0.343 e. The summed E-state index contributed by atoms with van der Waals surface area (Å²) < 4.78 is 0.790. The topological polar surface area (TPSA) is 20.3 Å². The second kappa shape index (κ2) is 6.26. The van der Waals surface area contributed by atoms with Gasteiger partial charge in [-0.25, -0.2) is 0 Å². The fourth-order valence-corrected chi connectivity index (χ4v) is 2.50. The molecular weight excluding hydrogens is 242 g/mol. The van der Waals surface area contributed by atoms with Gasteiger partial charge in [0.1, 0.15) is 0 Å². The summed E-state index contributed by atoms with van der Waals surface area (Å²) in [7, 11) is 1.87. The van der Waals surface area contributed by atoms with E-state index in [4.69, 9.17) is 11.6 Å². The zero-order valence-corrected chi connectivity index (χ0v) is 11.6. The van der Waals surface area contributed by atoms with Gasteiger partial charge >= 0.3 is 0 Å². The third kappa shape index (κ3) is 3.80. The maximum absolute atomic E-state index is 11.8. The number of rotatable bonds is 5. The molecule has 1 atom stereocenters. The molecule has 1 aromatic heterocycles. The first-order valence-corrected chi connectivity index (χ1v) is 6.74. The van der Waals surface area contributed by atoms with E-state index in [2.05, 4.69) is 13.8 Å². The predicted molar refractivity (Wildman–Crippen MR) is 70.2 cm³/mol. The summed E-state index contributed by atoms with van der Waals surface area (Å²) in [6.45, 7) is 4.16. The van der Waals surface area contributed by atoms with Crippen LogP contribution in [0.25, 0.3) is 0 Å². The number of amides is 1. The molecule has 0 radical (unpaired) electrons. The average molecular weight is 260 g/mol. The molecule has 2 nitrogen and oxygen atoms in total. The molecule has 0 fully saturated rings. The highest BCUT2D eigenvalue weighted by molar-refractivity contribution is 7.16. The van der Waals surface area contributed by atoms with E-state index in [9.17, 15) is 4.79 Å². The van der Waals surface area contributed by atoms with Crippen LogP contribution in [0.1, 0.15) is 31.6 Å². The second-order valence-corrected chi connectivity index (χ2v) is 5.77. The number of nitrogens with zero attached hydrogens (tertiary/aromatic N) is 1. The highest BCUT2D eigenvalue weighted by Gasteiger charge is 2.13. The molecule has 0 aliphatic heterocycles. The zero-order chi connectivity index (χ0) is 12.1. The Morgan fingerprint density at radius 2 is 2.25 bits per heavy atom. The third-order valence-corrected chi connectivity index (χ3v) is 4.15. The average Bonchev–Trinajstić information content (AvgIpc) is 2.69. The van der Waals surface area contributed by atoms with Gasteiger partial charge in [0.05, 0.1) is 4.34 Å². The maximum atomic E-state index is 11.8. The Labute approximate surface area is 106 Å². The summed E-state index contributed by atoms with van der Waals surface area (Å²) in [5.41, 5.74) is 0. The standard InChI is InChI=1S/C12H18ClNOS/c1-4-9(2)14(3)12(15)8-6-10-5-7-11(13)16-10/h5,7,9H,4,6,8H2,1-3H3. The highest BCUT2D eigenvalue weighted by atomic mass is 35.5. The lowest BCUT2D eigenvalue weighted by atomic mass is 10.2. The Balaban J connectivity index is 2.40. The fourth-order valence-electron chi connectivity index (χ4n) is 1.41. The van der Waals surface area contributed by atoms with E-state index < -0.39 is 0 Å². The van der Waals surface area contributed by atoms with E-state index in [-0.39, 0.29) is 5.91 Å². The Kier molecular flexibility index (Phi) is 5.29. The number of carbonyl (C=O) groups excluding carboxylic acids is 1. The molecule has 0 aromatic carbocycles. The van der Waals surface area contributed by atoms with Crippen LogP contribution in [0.3, 0.4) is 0 Å². The Bertz CT molecular complexity index is 351. The van der Waals surface area contributed by atoms with E-state index in [1.807, 2.05) is 24.1 Å². The van der Waals surface area contributed by atoms with Gasteiger partial charge in [-0.15, -0.1) is 11.3 Å². The molecule has 1 unspecified atom stereocenters. The van der Waals surface area contributed by atoms with Crippen molar-refractivity contribution in [3.05, 3.63) is 21.3 Å². The third-order valence-electron chi connectivity index (χ3n) is 2.86. The molecule has 1 heterocycles. The SMILES string of the molecule is CCC(C)N(C)C(=O)CCc1ccc(Cl)s1. The monoisotopic (exact) mass is 259 g/mol. The Hall–Kier alpha value is -0.540. The maximum Gasteiger partial charge on any atom is 0.222 e. The summed E-state index contributed by atoms with van der Waals surface area (Å²) in [5, 5.41) is 0. The summed E-state index contributed by atoms with van der Waals surface area (Å²) in [5.74, 6) is 0.207. The van der Waals surface area contributed by atoms with Gasteiger partial charge in [0.2, 0.25) is 5.91 Å². The molecule has 0 saturated heterocycles. The molecule has 0 aliphatic carbocycles. The van der Waals surface area contributed by atoms with Crippen LogP contribution in [0.4, 0.5) is 0 Å². The van der Waals surface area contributed by atoms with Gasteiger partial charge in [-0.1, -0.05) is 18.5 Å². The van der Waals surface area contributed by atoms with Crippen molar-refractivity contribution in [2.24, 2.45) is 0 Å². The molecule has 0 spiro atoms. The summed E-state index contributed by atoms with van der Waals surface area (Å²) in [6.07, 6.45) is 2.35. The normalized spacial score (nSPS) is 12.5. The number of hydrogen-bond donors (Lipinski definition) is 0. The second-order valence-electron chi connectivity index (χ2n) is 3.97. The molecular formula is C12H18ClNOS. The van der Waals surface area contributed by atoms with Crippen molar-refractivity contribution in [1.82, 2.24) is 4.90 Å². The minimum Gasteiger partial charge on any atom is -0.343 e. The van der Waals surface area contributed by atoms with E-state index in [1.165, 1.54) is 4.88 Å². The van der Waals surface area contributed by atoms with Crippen LogP contribution in [0.5, 0.6) is 0 Å². The lowest BCUT2D eigenvalue weighted by Gasteiger charge is -2.23. The van der Waals surface area contributed by atoms with Gasteiger partial charge in [-0.3, -0.25) is 4.79 Å². The smallest absolute Gasteiger partial charge is 0.222 e. The first-order valence-electron chi connectivity index (χ1n) is 5.54. The van der Waals surface area contributed by atoms with Crippen LogP contribution in [0, 0.1) is 0 Å². The molecule has 0 aliphatic rings. The quantitative estimate of drug-likeness (QED) is 0.791. The van der Waals surface area contributed by atoms with Gasteiger partial charge in [0.15, 0.2) is 0 Å². The minimum absolute atomic E-state index is 0.207. The number of hydrogen-bond acceptors (Lipinski definition) is 2. The molecule has 1 amide bonds. The number of carbonyl (C=O) groups is 1. The van der Waals surface area contributed by atoms with Crippen LogP contribution in [0.2, 0.25) is 4.34 Å². The van der Waals surface area contributed by atoms with Crippen molar-refractivity contribution in [3.8, 4) is 0 Å². The van der Waals surface area contributed by atoms with E-state index in [1.54, 1.807) is 11.3 Å². The molecule has 90 valence electrons. The Morgan fingerprint density at radius 3 is 2.75 bits per heavy atom. The van der Waals surface area contributed by atoms with Crippen molar-refractivity contribution in [3.63, 3.8) is 0 Å². The minimum atomic E-state index is 0.207. The summed E-state index contributed by atoms with van der Waals surface area (Å²) >= 11 is 7.38. The molecule has 4 heteroatoms. The van der Waals surface area contributed by atoms with Crippen molar-refractivity contribution in [1.29, 1.82) is 0 Å². The molecule has 1 aromatic rings. The van der Waals surface area contributed by atoms with E-state index in [0.717, 1.165) is 17.2 Å². The van der Waals surface area contributed by atoms with Crippen LogP contribution in [0.15, 0.2) is 12.1 Å². The van der Waals surface area contributed by atoms with Gasteiger partial charge in [-0.2, -0.15) is 0 Å². The van der Waals surface area contributed by atoms with Crippen molar-refractivity contribution >= 4 is 28.8 Å². The zero-order valence-electron chi connectivity index (χ0n) is 10.00.